The molecule has 4 nitrogen and oxygen atoms in total. The van der Waals surface area contributed by atoms with E-state index in [1.807, 2.05) is 6.92 Å². The van der Waals surface area contributed by atoms with Crippen molar-refractivity contribution in [1.82, 2.24) is 9.62 Å². The van der Waals surface area contributed by atoms with Crippen molar-refractivity contribution in [3.8, 4) is 0 Å². The fourth-order valence-corrected chi connectivity index (χ4v) is 3.15. The van der Waals surface area contributed by atoms with Crippen molar-refractivity contribution in [2.45, 2.75) is 52.5 Å². The highest BCUT2D eigenvalue weighted by Gasteiger charge is 2.21. The second-order valence-corrected chi connectivity index (χ2v) is 6.72. The lowest BCUT2D eigenvalue weighted by Gasteiger charge is -2.23. The third-order valence-corrected chi connectivity index (χ3v) is 4.99. The lowest BCUT2D eigenvalue weighted by Crippen LogP contribution is -2.37. The highest BCUT2D eigenvalue weighted by Crippen LogP contribution is 2.10. The van der Waals surface area contributed by atoms with Crippen molar-refractivity contribution in [3.05, 3.63) is 0 Å². The minimum atomic E-state index is -3.08. The fourth-order valence-electron chi connectivity index (χ4n) is 1.70. The van der Waals surface area contributed by atoms with Crippen LogP contribution in [0.5, 0.6) is 0 Å². The van der Waals surface area contributed by atoms with Crippen LogP contribution in [0.1, 0.15) is 46.5 Å². The van der Waals surface area contributed by atoms with Crippen LogP contribution in [0.25, 0.3) is 0 Å². The van der Waals surface area contributed by atoms with Crippen LogP contribution in [0.4, 0.5) is 0 Å². The Balaban J connectivity index is 4.01. The van der Waals surface area contributed by atoms with E-state index in [9.17, 15) is 8.42 Å². The van der Waals surface area contributed by atoms with E-state index in [0.29, 0.717) is 6.42 Å². The Hall–Kier alpha value is -0.130. The van der Waals surface area contributed by atoms with Crippen molar-refractivity contribution < 1.29 is 8.42 Å². The van der Waals surface area contributed by atoms with Gasteiger partial charge in [-0.3, -0.25) is 0 Å². The number of sulfonamides is 1. The monoisotopic (exact) mass is 264 g/mol. The van der Waals surface area contributed by atoms with Crippen LogP contribution in [0.15, 0.2) is 0 Å². The number of rotatable bonds is 10. The van der Waals surface area contributed by atoms with Gasteiger partial charge in [-0.2, -0.15) is 0 Å². The topological polar surface area (TPSA) is 49.4 Å². The first-order valence-electron chi connectivity index (χ1n) is 6.62. The summed E-state index contributed by atoms with van der Waals surface area (Å²) in [4.78, 5) is 0. The molecule has 0 aromatic heterocycles. The molecule has 5 heteroatoms. The first-order valence-corrected chi connectivity index (χ1v) is 8.23. The zero-order valence-electron chi connectivity index (χ0n) is 11.7. The highest BCUT2D eigenvalue weighted by atomic mass is 32.2. The molecule has 0 radical (unpaired) electrons. The van der Waals surface area contributed by atoms with E-state index >= 15 is 0 Å². The van der Waals surface area contributed by atoms with E-state index in [1.165, 1.54) is 4.31 Å². The predicted molar refractivity (Wildman–Crippen MR) is 73.7 cm³/mol. The summed E-state index contributed by atoms with van der Waals surface area (Å²) in [5.74, 6) is 0.244. The Kier molecular flexibility index (Phi) is 8.82. The van der Waals surface area contributed by atoms with E-state index in [0.717, 1.165) is 32.4 Å². The van der Waals surface area contributed by atoms with E-state index < -0.39 is 10.0 Å². The van der Waals surface area contributed by atoms with Gasteiger partial charge in [0.2, 0.25) is 10.0 Å². The van der Waals surface area contributed by atoms with Crippen LogP contribution in [0, 0.1) is 0 Å². The maximum absolute atomic E-state index is 12.0. The number of nitrogens with one attached hydrogen (secondary N) is 1. The van der Waals surface area contributed by atoms with Crippen LogP contribution < -0.4 is 5.32 Å². The molecule has 1 unspecified atom stereocenters. The third-order valence-electron chi connectivity index (χ3n) is 2.95. The van der Waals surface area contributed by atoms with Gasteiger partial charge in [-0.1, -0.05) is 20.3 Å². The molecule has 0 bridgehead atoms. The van der Waals surface area contributed by atoms with Crippen LogP contribution >= 0.6 is 0 Å². The number of hydrogen-bond donors (Lipinski definition) is 1. The Morgan fingerprint density at radius 3 is 2.35 bits per heavy atom. The maximum atomic E-state index is 12.0. The molecule has 0 saturated carbocycles. The molecule has 0 heterocycles. The Bertz CT molecular complexity index is 278. The van der Waals surface area contributed by atoms with Crippen molar-refractivity contribution in [2.24, 2.45) is 0 Å². The van der Waals surface area contributed by atoms with Crippen molar-refractivity contribution in [1.29, 1.82) is 0 Å². The molecule has 0 aliphatic heterocycles. The normalized spacial score (nSPS) is 14.2. The summed E-state index contributed by atoms with van der Waals surface area (Å²) in [6, 6.07) is 0.105. The summed E-state index contributed by atoms with van der Waals surface area (Å²) in [5.41, 5.74) is 0. The summed E-state index contributed by atoms with van der Waals surface area (Å²) in [5, 5.41) is 3.22. The zero-order chi connectivity index (χ0) is 13.3. The van der Waals surface area contributed by atoms with E-state index in [2.05, 4.69) is 19.2 Å². The average molecular weight is 264 g/mol. The molecule has 1 N–H and O–H groups in total. The molecule has 0 fully saturated rings. The molecule has 0 aromatic carbocycles. The summed E-state index contributed by atoms with van der Waals surface area (Å²) in [6.45, 7) is 7.89. The van der Waals surface area contributed by atoms with Crippen molar-refractivity contribution in [3.63, 3.8) is 0 Å². The van der Waals surface area contributed by atoms with Gasteiger partial charge in [0, 0.05) is 13.1 Å². The lowest BCUT2D eigenvalue weighted by molar-refractivity contribution is 0.368. The van der Waals surface area contributed by atoms with Crippen LogP contribution in [0.2, 0.25) is 0 Å². The Morgan fingerprint density at radius 2 is 1.82 bits per heavy atom. The summed E-state index contributed by atoms with van der Waals surface area (Å²) < 4.78 is 25.5. The van der Waals surface area contributed by atoms with Crippen LogP contribution in [0.3, 0.4) is 0 Å². The third kappa shape index (κ3) is 7.01. The van der Waals surface area contributed by atoms with Gasteiger partial charge in [-0.05, 0) is 39.3 Å². The second-order valence-electron chi connectivity index (χ2n) is 4.57. The van der Waals surface area contributed by atoms with Gasteiger partial charge in [0.05, 0.1) is 5.75 Å². The van der Waals surface area contributed by atoms with Crippen LogP contribution in [-0.2, 0) is 10.0 Å². The maximum Gasteiger partial charge on any atom is 0.214 e. The largest absolute Gasteiger partial charge is 0.317 e. The van der Waals surface area contributed by atoms with E-state index in [4.69, 9.17) is 0 Å². The molecule has 0 aromatic rings. The van der Waals surface area contributed by atoms with Gasteiger partial charge in [-0.25, -0.2) is 12.7 Å². The smallest absolute Gasteiger partial charge is 0.214 e. The van der Waals surface area contributed by atoms with Gasteiger partial charge in [0.15, 0.2) is 0 Å². The molecule has 0 rings (SSSR count). The predicted octanol–water partition coefficient (Wildman–Crippen LogP) is 1.83. The summed E-state index contributed by atoms with van der Waals surface area (Å²) in [7, 11) is -1.39. The number of hydrogen-bond acceptors (Lipinski definition) is 3. The van der Waals surface area contributed by atoms with Gasteiger partial charge in [-0.15, -0.1) is 0 Å². The minimum Gasteiger partial charge on any atom is -0.317 e. The SMILES string of the molecule is CCCNCCCS(=O)(=O)N(C)C(C)CCC. The highest BCUT2D eigenvalue weighted by molar-refractivity contribution is 7.89. The van der Waals surface area contributed by atoms with Gasteiger partial charge in [0.25, 0.3) is 0 Å². The molecular weight excluding hydrogens is 236 g/mol. The van der Waals surface area contributed by atoms with Crippen molar-refractivity contribution in [2.75, 3.05) is 25.9 Å². The quantitative estimate of drug-likeness (QED) is 0.612. The summed E-state index contributed by atoms with van der Waals surface area (Å²) in [6.07, 6.45) is 3.70. The number of nitrogens with zero attached hydrogens (tertiary/aromatic N) is 1. The molecule has 1 atom stereocenters. The molecule has 17 heavy (non-hydrogen) atoms. The zero-order valence-corrected chi connectivity index (χ0v) is 12.5. The molecular formula is C12H28N2O2S. The molecule has 0 aliphatic carbocycles. The van der Waals surface area contributed by atoms with Gasteiger partial charge in [0.1, 0.15) is 0 Å². The van der Waals surface area contributed by atoms with Crippen LogP contribution in [-0.4, -0.2) is 44.7 Å². The lowest BCUT2D eigenvalue weighted by atomic mass is 10.2. The summed E-state index contributed by atoms with van der Waals surface area (Å²) >= 11 is 0. The van der Waals surface area contributed by atoms with Gasteiger partial charge < -0.3 is 5.32 Å². The first kappa shape index (κ1) is 16.9. The molecule has 0 saturated heterocycles. The minimum absolute atomic E-state index is 0.105. The molecule has 104 valence electrons. The van der Waals surface area contributed by atoms with E-state index in [-0.39, 0.29) is 11.8 Å². The van der Waals surface area contributed by atoms with E-state index in [1.54, 1.807) is 7.05 Å². The second kappa shape index (κ2) is 8.89. The molecule has 0 amide bonds. The standard InChI is InChI=1S/C12H28N2O2S/c1-5-8-12(3)14(4)17(15,16)11-7-10-13-9-6-2/h12-13H,5-11H2,1-4H3. The molecule has 0 spiro atoms. The fraction of sp³-hybridized carbons (Fsp3) is 1.00. The molecule has 0 aliphatic rings. The Morgan fingerprint density at radius 1 is 1.18 bits per heavy atom. The average Bonchev–Trinajstić information content (AvgIpc) is 2.28. The van der Waals surface area contributed by atoms with Gasteiger partial charge >= 0.3 is 0 Å². The Labute approximate surface area is 107 Å². The first-order chi connectivity index (χ1) is 7.95. The van der Waals surface area contributed by atoms with Crippen molar-refractivity contribution >= 4 is 10.0 Å².